The molecule has 0 fully saturated rings. The number of esters is 1. The van der Waals surface area contributed by atoms with Crippen LogP contribution in [-0.4, -0.2) is 55.3 Å². The van der Waals surface area contributed by atoms with Crippen molar-refractivity contribution < 1.29 is 19.0 Å². The van der Waals surface area contributed by atoms with E-state index in [0.29, 0.717) is 39.9 Å². The average Bonchev–Trinajstić information content (AvgIpc) is 2.80. The molecule has 1 aromatic heterocycles. The van der Waals surface area contributed by atoms with Crippen molar-refractivity contribution in [1.82, 2.24) is 9.88 Å². The molecule has 0 aliphatic rings. The molecule has 0 amide bonds. The Morgan fingerprint density at radius 3 is 2.10 bits per heavy atom. The number of carbonyl (C=O) groups excluding carboxylic acids is 1. The molecular weight excluding hydrogens is 396 g/mol. The molecule has 0 spiro atoms. The van der Waals surface area contributed by atoms with Crippen LogP contribution in [0.3, 0.4) is 0 Å². The van der Waals surface area contributed by atoms with Gasteiger partial charge in [-0.25, -0.2) is 4.79 Å². The van der Waals surface area contributed by atoms with E-state index < -0.39 is 5.97 Å². The molecule has 7 nitrogen and oxygen atoms in total. The maximum absolute atomic E-state index is 13.1. The van der Waals surface area contributed by atoms with Crippen LogP contribution in [0.4, 0.5) is 0 Å². The first-order valence-corrected chi connectivity index (χ1v) is 10.4. The average molecular weight is 424 g/mol. The number of benzene rings is 2. The lowest BCUT2D eigenvalue weighted by Gasteiger charge is -2.18. The molecule has 164 valence electrons. The Kier molecular flexibility index (Phi) is 7.67. The number of H-pyrrole nitrogens is 1. The van der Waals surface area contributed by atoms with E-state index in [9.17, 15) is 9.59 Å². The Morgan fingerprint density at radius 2 is 1.55 bits per heavy atom. The van der Waals surface area contributed by atoms with Crippen molar-refractivity contribution >= 4 is 27.8 Å². The molecular formula is C24H28N2O5. The minimum atomic E-state index is -0.507. The predicted octanol–water partition coefficient (Wildman–Crippen LogP) is 3.51. The van der Waals surface area contributed by atoms with Gasteiger partial charge >= 0.3 is 5.97 Å². The molecule has 0 aliphatic heterocycles. The minimum absolute atomic E-state index is 0.0821. The summed E-state index contributed by atoms with van der Waals surface area (Å²) in [5, 5.41) is 1.08. The number of fused-ring (bicyclic) bond motifs is 2. The summed E-state index contributed by atoms with van der Waals surface area (Å²) in [6, 6.07) is 10.7. The lowest BCUT2D eigenvalue weighted by Crippen LogP contribution is -2.28. The van der Waals surface area contributed by atoms with Gasteiger partial charge in [0.15, 0.2) is 5.43 Å². The highest BCUT2D eigenvalue weighted by atomic mass is 16.6. The third-order valence-corrected chi connectivity index (χ3v) is 5.10. The second kappa shape index (κ2) is 10.6. The minimum Gasteiger partial charge on any atom is -0.490 e. The molecule has 0 saturated heterocycles. The van der Waals surface area contributed by atoms with E-state index in [4.69, 9.17) is 14.2 Å². The summed E-state index contributed by atoms with van der Waals surface area (Å²) in [5.41, 5.74) is 1.12. The molecule has 31 heavy (non-hydrogen) atoms. The second-order valence-electron chi connectivity index (χ2n) is 6.91. The number of pyridine rings is 1. The fourth-order valence-corrected chi connectivity index (χ4v) is 3.39. The molecule has 1 heterocycles. The van der Waals surface area contributed by atoms with Gasteiger partial charge in [0.1, 0.15) is 31.3 Å². The zero-order valence-corrected chi connectivity index (χ0v) is 18.0. The Morgan fingerprint density at radius 1 is 0.968 bits per heavy atom. The predicted molar refractivity (Wildman–Crippen MR) is 122 cm³/mol. The number of carbonyl (C=O) groups is 1. The Bertz CT molecular complexity index is 1120. The second-order valence-corrected chi connectivity index (χ2v) is 6.91. The van der Waals surface area contributed by atoms with Gasteiger partial charge in [0.05, 0.1) is 11.0 Å². The van der Waals surface area contributed by atoms with Crippen LogP contribution in [0, 0.1) is 0 Å². The van der Waals surface area contributed by atoms with Crippen LogP contribution >= 0.6 is 0 Å². The maximum atomic E-state index is 13.1. The van der Waals surface area contributed by atoms with E-state index in [1.54, 1.807) is 24.3 Å². The van der Waals surface area contributed by atoms with Gasteiger partial charge in [-0.3, -0.25) is 4.79 Å². The number of aromatic nitrogens is 1. The van der Waals surface area contributed by atoms with E-state index in [1.165, 1.54) is 0 Å². The first-order chi connectivity index (χ1) is 15.1. The van der Waals surface area contributed by atoms with E-state index in [-0.39, 0.29) is 18.6 Å². The number of hydrogen-bond acceptors (Lipinski definition) is 6. The van der Waals surface area contributed by atoms with Crippen molar-refractivity contribution in [3.63, 3.8) is 0 Å². The third-order valence-electron chi connectivity index (χ3n) is 5.10. The van der Waals surface area contributed by atoms with Crippen LogP contribution in [0.2, 0.25) is 0 Å². The van der Waals surface area contributed by atoms with Gasteiger partial charge in [-0.1, -0.05) is 32.6 Å². The van der Waals surface area contributed by atoms with E-state index >= 15 is 0 Å². The van der Waals surface area contributed by atoms with Crippen molar-refractivity contribution in [2.45, 2.75) is 13.8 Å². The molecule has 3 aromatic rings. The fourth-order valence-electron chi connectivity index (χ4n) is 3.39. The number of para-hydroxylation sites is 2. The van der Waals surface area contributed by atoms with Gasteiger partial charge in [-0.2, -0.15) is 0 Å². The Hall–Kier alpha value is -3.32. The summed E-state index contributed by atoms with van der Waals surface area (Å²) < 4.78 is 16.7. The van der Waals surface area contributed by atoms with Crippen LogP contribution in [0.1, 0.15) is 13.8 Å². The smallest absolute Gasteiger partial charge is 0.330 e. The molecule has 0 atom stereocenters. The van der Waals surface area contributed by atoms with Crippen molar-refractivity contribution in [2.75, 3.05) is 39.5 Å². The zero-order valence-electron chi connectivity index (χ0n) is 18.0. The number of ether oxygens (including phenoxy) is 3. The Labute approximate surface area is 181 Å². The van der Waals surface area contributed by atoms with Gasteiger partial charge in [0.2, 0.25) is 0 Å². The summed E-state index contributed by atoms with van der Waals surface area (Å²) >= 11 is 0. The van der Waals surface area contributed by atoms with Crippen molar-refractivity contribution in [1.29, 1.82) is 0 Å². The Balaban J connectivity index is 1.89. The van der Waals surface area contributed by atoms with Gasteiger partial charge in [0, 0.05) is 23.4 Å². The monoisotopic (exact) mass is 424 g/mol. The van der Waals surface area contributed by atoms with E-state index in [0.717, 1.165) is 25.7 Å². The lowest BCUT2D eigenvalue weighted by atomic mass is 10.1. The van der Waals surface area contributed by atoms with E-state index in [1.807, 2.05) is 12.1 Å². The number of aromatic amines is 1. The molecule has 3 rings (SSSR count). The highest BCUT2D eigenvalue weighted by Gasteiger charge is 2.13. The van der Waals surface area contributed by atoms with Crippen molar-refractivity contribution in [3.05, 3.63) is 59.3 Å². The van der Waals surface area contributed by atoms with Gasteiger partial charge in [0.25, 0.3) is 0 Å². The molecule has 2 aromatic carbocycles. The molecule has 0 saturated carbocycles. The first-order valence-electron chi connectivity index (χ1n) is 10.4. The van der Waals surface area contributed by atoms with E-state index in [2.05, 4.69) is 30.3 Å². The third kappa shape index (κ3) is 5.24. The van der Waals surface area contributed by atoms with Crippen LogP contribution in [0.15, 0.2) is 53.8 Å². The van der Waals surface area contributed by atoms with Gasteiger partial charge < -0.3 is 24.1 Å². The number of likely N-dealkylation sites (N-methyl/N-ethyl adjacent to an activating group) is 1. The molecule has 0 radical (unpaired) electrons. The highest BCUT2D eigenvalue weighted by molar-refractivity contribution is 5.97. The number of rotatable bonds is 11. The summed E-state index contributed by atoms with van der Waals surface area (Å²) in [4.78, 5) is 29.9. The zero-order chi connectivity index (χ0) is 22.2. The van der Waals surface area contributed by atoms with Gasteiger partial charge in [-0.05, 0) is 37.4 Å². The lowest BCUT2D eigenvalue weighted by molar-refractivity contribution is -0.138. The topological polar surface area (TPSA) is 80.9 Å². The number of hydrogen-bond donors (Lipinski definition) is 1. The number of nitrogens with one attached hydrogen (secondary N) is 1. The fraction of sp³-hybridized carbons (Fsp3) is 0.333. The standard InChI is InChI=1S/C24H28N2O5/c1-4-21(27)31-16-15-30-20-12-8-10-18-23(20)25-22-17(24(18)28)9-7-11-19(22)29-14-13-26(5-2)6-3/h4,7-12H,1,5-6,13-16H2,2-3H3,(H,25,28). The van der Waals surface area contributed by atoms with Gasteiger partial charge in [-0.15, -0.1) is 0 Å². The normalized spacial score (nSPS) is 11.1. The van der Waals surface area contributed by atoms with Crippen molar-refractivity contribution in [2.24, 2.45) is 0 Å². The SMILES string of the molecule is C=CC(=O)OCCOc1cccc2c(=O)c3cccc(OCCN(CC)CC)c3[nH]c12. The van der Waals surface area contributed by atoms with Crippen LogP contribution in [-0.2, 0) is 9.53 Å². The largest absolute Gasteiger partial charge is 0.490 e. The molecule has 0 unspecified atom stereocenters. The van der Waals surface area contributed by atoms with Crippen LogP contribution in [0.25, 0.3) is 21.8 Å². The summed E-state index contributed by atoms with van der Waals surface area (Å²) in [6.45, 7) is 11.1. The molecule has 7 heteroatoms. The van der Waals surface area contributed by atoms with Crippen LogP contribution in [0.5, 0.6) is 11.5 Å². The molecule has 0 aliphatic carbocycles. The number of nitrogens with zero attached hydrogens (tertiary/aromatic N) is 1. The van der Waals surface area contributed by atoms with Crippen molar-refractivity contribution in [3.8, 4) is 11.5 Å². The maximum Gasteiger partial charge on any atom is 0.330 e. The summed E-state index contributed by atoms with van der Waals surface area (Å²) in [7, 11) is 0. The molecule has 0 bridgehead atoms. The molecule has 1 N–H and O–H groups in total. The summed E-state index contributed by atoms with van der Waals surface area (Å²) in [6.07, 6.45) is 1.10. The van der Waals surface area contributed by atoms with Crippen LogP contribution < -0.4 is 14.9 Å². The first kappa shape index (κ1) is 22.4. The quantitative estimate of drug-likeness (QED) is 0.220. The highest BCUT2D eigenvalue weighted by Crippen LogP contribution is 2.28. The summed E-state index contributed by atoms with van der Waals surface area (Å²) in [5.74, 6) is 0.620.